The normalized spacial score (nSPS) is 14.7. The van der Waals surface area contributed by atoms with E-state index in [2.05, 4.69) is 94.1 Å². The highest BCUT2D eigenvalue weighted by Crippen LogP contribution is 2.37. The summed E-state index contributed by atoms with van der Waals surface area (Å²) in [6.45, 7) is 6.60. The lowest BCUT2D eigenvalue weighted by Crippen LogP contribution is -2.05. The van der Waals surface area contributed by atoms with Crippen molar-refractivity contribution in [3.8, 4) is 23.9 Å². The molecule has 0 unspecified atom stereocenters. The fraction of sp³-hybridized carbons (Fsp3) is 0.178. The number of hydrogen-bond donors (Lipinski definition) is 0. The van der Waals surface area contributed by atoms with Crippen LogP contribution in [0.15, 0.2) is 114 Å². The van der Waals surface area contributed by atoms with Crippen molar-refractivity contribution < 1.29 is 0 Å². The molecular formula is C45H37N5. The third-order valence-electron chi connectivity index (χ3n) is 9.99. The Morgan fingerprint density at radius 3 is 2.44 bits per heavy atom. The minimum absolute atomic E-state index is 0.561. The standard InChI is InChI=1S/C45H37N5/c1-4-11-35(29-48)31(3)30(2)22-34(20-21-49-42-15-8-5-12-38(42)39-13-6-9-16-43(39)49)36-23-33(28-47)24-37(26-36)50-44-17-10-7-14-40(44)41-25-32(27-46)18-19-45(41)50/h4-6,8,10-13,15,17-20,22-26H,7,9,14,16,21H2,1-3H3/b11-4-,30-22+,34-20+,35-31-. The van der Waals surface area contributed by atoms with E-state index in [0.717, 1.165) is 70.3 Å². The predicted octanol–water partition coefficient (Wildman–Crippen LogP) is 10.7. The Morgan fingerprint density at radius 2 is 1.64 bits per heavy atom. The minimum Gasteiger partial charge on any atom is -0.340 e. The molecule has 0 N–H and O–H groups in total. The first-order chi connectivity index (χ1) is 24.4. The van der Waals surface area contributed by atoms with Gasteiger partial charge in [0.2, 0.25) is 0 Å². The van der Waals surface area contributed by atoms with Gasteiger partial charge in [-0.2, -0.15) is 15.8 Å². The van der Waals surface area contributed by atoms with Crippen LogP contribution < -0.4 is 0 Å². The summed E-state index contributed by atoms with van der Waals surface area (Å²) in [5.74, 6) is 0. The zero-order valence-electron chi connectivity index (χ0n) is 28.7. The highest BCUT2D eigenvalue weighted by molar-refractivity contribution is 5.93. The van der Waals surface area contributed by atoms with Gasteiger partial charge in [-0.1, -0.05) is 54.7 Å². The maximum Gasteiger partial charge on any atom is 0.0994 e. The van der Waals surface area contributed by atoms with E-state index in [1.54, 1.807) is 0 Å². The number of hydrogen-bond acceptors (Lipinski definition) is 3. The van der Waals surface area contributed by atoms with Gasteiger partial charge in [0, 0.05) is 45.5 Å². The number of nitrogens with zero attached hydrogens (tertiary/aromatic N) is 5. The SMILES string of the molecule is C\C=C/C(C#N)=C(C)/C(C)=C/C(=C\Cn1c2c(c3ccccc31)C=CCC2)c1cc(C#N)cc(-n2c3c(c4cc(C#N)ccc42)CCC=C3)c1. The molecule has 0 atom stereocenters. The Labute approximate surface area is 293 Å². The number of benzene rings is 3. The van der Waals surface area contributed by atoms with Gasteiger partial charge in [-0.25, -0.2) is 0 Å². The van der Waals surface area contributed by atoms with E-state index < -0.39 is 0 Å². The van der Waals surface area contributed by atoms with Crippen molar-refractivity contribution in [3.63, 3.8) is 0 Å². The molecule has 0 bridgehead atoms. The largest absolute Gasteiger partial charge is 0.340 e. The first-order valence-corrected chi connectivity index (χ1v) is 17.1. The van der Waals surface area contributed by atoms with E-state index >= 15 is 0 Å². The zero-order chi connectivity index (χ0) is 34.8. The molecule has 2 heterocycles. The Balaban J connectivity index is 1.45. The predicted molar refractivity (Wildman–Crippen MR) is 204 cm³/mol. The number of para-hydroxylation sites is 1. The summed E-state index contributed by atoms with van der Waals surface area (Å²) in [7, 11) is 0. The number of fused-ring (bicyclic) bond motifs is 6. The van der Waals surface area contributed by atoms with Gasteiger partial charge in [0.05, 0.1) is 40.4 Å². The van der Waals surface area contributed by atoms with Crippen molar-refractivity contribution in [3.05, 3.63) is 153 Å². The van der Waals surface area contributed by atoms with Crippen LogP contribution in [0.4, 0.5) is 0 Å². The molecule has 3 aromatic carbocycles. The number of nitriles is 3. The summed E-state index contributed by atoms with van der Waals surface area (Å²) in [5.41, 5.74) is 13.7. The van der Waals surface area contributed by atoms with Crippen LogP contribution in [0.1, 0.15) is 72.8 Å². The van der Waals surface area contributed by atoms with Gasteiger partial charge in [0.1, 0.15) is 0 Å². The molecule has 0 radical (unpaired) electrons. The molecule has 50 heavy (non-hydrogen) atoms. The molecule has 2 aromatic heterocycles. The average Bonchev–Trinajstić information content (AvgIpc) is 3.67. The molecule has 5 nitrogen and oxygen atoms in total. The van der Waals surface area contributed by atoms with Gasteiger partial charge in [0.25, 0.3) is 0 Å². The fourth-order valence-corrected chi connectivity index (χ4v) is 7.44. The van der Waals surface area contributed by atoms with Crippen LogP contribution >= 0.6 is 0 Å². The van der Waals surface area contributed by atoms with E-state index in [1.165, 1.54) is 27.7 Å². The third kappa shape index (κ3) is 5.72. The lowest BCUT2D eigenvalue weighted by Gasteiger charge is -2.16. The molecule has 0 spiro atoms. The Kier molecular flexibility index (Phi) is 8.79. The van der Waals surface area contributed by atoms with Crippen molar-refractivity contribution in [2.45, 2.75) is 53.0 Å². The Hall–Kier alpha value is -6.35. The van der Waals surface area contributed by atoms with Crippen LogP contribution in [0.5, 0.6) is 0 Å². The van der Waals surface area contributed by atoms with Gasteiger partial charge in [-0.3, -0.25) is 0 Å². The average molecular weight is 648 g/mol. The van der Waals surface area contributed by atoms with Gasteiger partial charge in [0.15, 0.2) is 0 Å². The van der Waals surface area contributed by atoms with Crippen LogP contribution in [0.3, 0.4) is 0 Å². The van der Waals surface area contributed by atoms with Crippen LogP contribution in [0.25, 0.3) is 45.2 Å². The lowest BCUT2D eigenvalue weighted by atomic mass is 9.96. The Morgan fingerprint density at radius 1 is 0.840 bits per heavy atom. The molecule has 2 aliphatic carbocycles. The van der Waals surface area contributed by atoms with E-state index in [1.807, 2.05) is 63.3 Å². The van der Waals surface area contributed by atoms with Gasteiger partial charge in [-0.05, 0) is 129 Å². The minimum atomic E-state index is 0.561. The van der Waals surface area contributed by atoms with Gasteiger partial charge >= 0.3 is 0 Å². The van der Waals surface area contributed by atoms with Gasteiger partial charge in [-0.15, -0.1) is 0 Å². The molecule has 0 aliphatic heterocycles. The molecule has 5 heteroatoms. The summed E-state index contributed by atoms with van der Waals surface area (Å²) in [6, 6.07) is 27.6. The number of allylic oxidation sites excluding steroid dienone is 10. The van der Waals surface area contributed by atoms with E-state index in [4.69, 9.17) is 0 Å². The molecule has 0 fully saturated rings. The topological polar surface area (TPSA) is 81.2 Å². The second-order valence-corrected chi connectivity index (χ2v) is 12.9. The van der Waals surface area contributed by atoms with Crippen molar-refractivity contribution in [2.75, 3.05) is 0 Å². The second-order valence-electron chi connectivity index (χ2n) is 12.9. The third-order valence-corrected chi connectivity index (χ3v) is 9.99. The monoisotopic (exact) mass is 647 g/mol. The van der Waals surface area contributed by atoms with Crippen molar-refractivity contribution >= 4 is 39.5 Å². The Bertz CT molecular complexity index is 2510. The summed E-state index contributed by atoms with van der Waals surface area (Å²) >= 11 is 0. The van der Waals surface area contributed by atoms with Crippen molar-refractivity contribution in [2.24, 2.45) is 0 Å². The van der Waals surface area contributed by atoms with Crippen molar-refractivity contribution in [1.29, 1.82) is 15.8 Å². The number of aromatic nitrogens is 2. The smallest absolute Gasteiger partial charge is 0.0994 e. The molecule has 242 valence electrons. The number of rotatable bonds is 7. The fourth-order valence-electron chi connectivity index (χ4n) is 7.44. The van der Waals surface area contributed by atoms with E-state index in [0.29, 0.717) is 23.2 Å². The quantitative estimate of drug-likeness (QED) is 0.130. The van der Waals surface area contributed by atoms with E-state index in [9.17, 15) is 15.8 Å². The summed E-state index contributed by atoms with van der Waals surface area (Å²) in [4.78, 5) is 0. The van der Waals surface area contributed by atoms with Crippen LogP contribution in [-0.2, 0) is 19.4 Å². The maximum absolute atomic E-state index is 10.3. The summed E-state index contributed by atoms with van der Waals surface area (Å²) in [6.07, 6.45) is 20.8. The lowest BCUT2D eigenvalue weighted by molar-refractivity contribution is 0.771. The van der Waals surface area contributed by atoms with Crippen molar-refractivity contribution in [1.82, 2.24) is 9.13 Å². The molecule has 0 saturated heterocycles. The molecule has 0 saturated carbocycles. The first kappa shape index (κ1) is 32.2. The number of aryl methyl sites for hydroxylation is 1. The maximum atomic E-state index is 10.3. The van der Waals surface area contributed by atoms with Gasteiger partial charge < -0.3 is 9.13 Å². The highest BCUT2D eigenvalue weighted by Gasteiger charge is 2.21. The van der Waals surface area contributed by atoms with Crippen LogP contribution in [-0.4, -0.2) is 9.13 Å². The van der Waals surface area contributed by atoms with E-state index in [-0.39, 0.29) is 0 Å². The zero-order valence-corrected chi connectivity index (χ0v) is 28.7. The second kappa shape index (κ2) is 13.6. The highest BCUT2D eigenvalue weighted by atomic mass is 15.0. The molecule has 5 aromatic rings. The molecule has 2 aliphatic rings. The van der Waals surface area contributed by atoms with Crippen LogP contribution in [0, 0.1) is 34.0 Å². The molecule has 0 amide bonds. The summed E-state index contributed by atoms with van der Waals surface area (Å²) < 4.78 is 4.65. The molecular weight excluding hydrogens is 611 g/mol. The van der Waals surface area contributed by atoms with Crippen LogP contribution in [0.2, 0.25) is 0 Å². The molecule has 7 rings (SSSR count). The first-order valence-electron chi connectivity index (χ1n) is 17.1. The summed E-state index contributed by atoms with van der Waals surface area (Å²) in [5, 5.41) is 32.3.